The number of benzene rings is 1. The zero-order chi connectivity index (χ0) is 18.8. The molecule has 1 aromatic carbocycles. The molecule has 0 aliphatic carbocycles. The molecule has 1 saturated heterocycles. The number of thiazole rings is 1. The van der Waals surface area contributed by atoms with E-state index in [9.17, 15) is 4.79 Å². The van der Waals surface area contributed by atoms with Crippen LogP contribution in [-0.2, 0) is 0 Å². The number of ether oxygens (including phenoxy) is 1. The van der Waals surface area contributed by atoms with Gasteiger partial charge in [0.05, 0.1) is 13.4 Å². The van der Waals surface area contributed by atoms with Crippen molar-refractivity contribution >= 4 is 22.9 Å². The summed E-state index contributed by atoms with van der Waals surface area (Å²) in [4.78, 5) is 22.6. The molecule has 1 fully saturated rings. The second-order valence-corrected chi connectivity index (χ2v) is 7.58. The number of rotatable bonds is 4. The van der Waals surface area contributed by atoms with Crippen LogP contribution in [0.15, 0.2) is 47.1 Å². The fraction of sp³-hybridized carbons (Fsp3) is 0.300. The van der Waals surface area contributed by atoms with Crippen LogP contribution in [0.25, 0.3) is 10.8 Å². The van der Waals surface area contributed by atoms with Crippen molar-refractivity contribution in [1.82, 2.24) is 9.88 Å². The SMILES string of the molecule is COc1ccc(N2CCN(C(=O)c3nc(-c4ccco4)sc3C)CC2)cc1. The Bertz CT molecular complexity index is 911. The van der Waals surface area contributed by atoms with Crippen molar-refractivity contribution in [2.24, 2.45) is 0 Å². The number of aromatic nitrogens is 1. The van der Waals surface area contributed by atoms with Crippen LogP contribution < -0.4 is 9.64 Å². The normalized spacial score (nSPS) is 14.4. The largest absolute Gasteiger partial charge is 0.497 e. The molecule has 0 spiro atoms. The minimum absolute atomic E-state index is 0.00376. The van der Waals surface area contributed by atoms with E-state index in [4.69, 9.17) is 9.15 Å². The monoisotopic (exact) mass is 383 g/mol. The Labute approximate surface area is 162 Å². The van der Waals surface area contributed by atoms with Crippen LogP contribution in [0.3, 0.4) is 0 Å². The second kappa shape index (κ2) is 7.44. The summed E-state index contributed by atoms with van der Waals surface area (Å²) in [5, 5.41) is 0.748. The Morgan fingerprint density at radius 3 is 2.52 bits per heavy atom. The number of carbonyl (C=O) groups is 1. The second-order valence-electron chi connectivity index (χ2n) is 6.38. The van der Waals surface area contributed by atoms with Gasteiger partial charge in [0.25, 0.3) is 5.91 Å². The minimum Gasteiger partial charge on any atom is -0.497 e. The third-order valence-electron chi connectivity index (χ3n) is 4.74. The van der Waals surface area contributed by atoms with E-state index in [2.05, 4.69) is 22.0 Å². The van der Waals surface area contributed by atoms with E-state index >= 15 is 0 Å². The van der Waals surface area contributed by atoms with E-state index in [-0.39, 0.29) is 5.91 Å². The highest BCUT2D eigenvalue weighted by atomic mass is 32.1. The Morgan fingerprint density at radius 1 is 1.15 bits per heavy atom. The van der Waals surface area contributed by atoms with Gasteiger partial charge in [-0.3, -0.25) is 4.79 Å². The number of hydrogen-bond donors (Lipinski definition) is 0. The van der Waals surface area contributed by atoms with Gasteiger partial charge in [0.1, 0.15) is 11.4 Å². The van der Waals surface area contributed by atoms with Gasteiger partial charge in [0.2, 0.25) is 0 Å². The summed E-state index contributed by atoms with van der Waals surface area (Å²) in [7, 11) is 1.66. The van der Waals surface area contributed by atoms with E-state index in [1.54, 1.807) is 13.4 Å². The molecular weight excluding hydrogens is 362 g/mol. The third kappa shape index (κ3) is 3.55. The van der Waals surface area contributed by atoms with E-state index < -0.39 is 0 Å². The molecule has 4 rings (SSSR count). The molecule has 7 heteroatoms. The fourth-order valence-corrected chi connectivity index (χ4v) is 4.08. The van der Waals surface area contributed by atoms with Gasteiger partial charge in [-0.2, -0.15) is 0 Å². The highest BCUT2D eigenvalue weighted by molar-refractivity contribution is 7.15. The number of nitrogens with zero attached hydrogens (tertiary/aromatic N) is 3. The molecular formula is C20H21N3O3S. The zero-order valence-electron chi connectivity index (χ0n) is 15.3. The first-order valence-electron chi connectivity index (χ1n) is 8.85. The summed E-state index contributed by atoms with van der Waals surface area (Å²) in [6.07, 6.45) is 1.62. The lowest BCUT2D eigenvalue weighted by atomic mass is 10.2. The highest BCUT2D eigenvalue weighted by Gasteiger charge is 2.26. The average molecular weight is 383 g/mol. The van der Waals surface area contributed by atoms with Crippen molar-refractivity contribution in [1.29, 1.82) is 0 Å². The fourth-order valence-electron chi connectivity index (χ4n) is 3.21. The molecule has 0 N–H and O–H groups in total. The van der Waals surface area contributed by atoms with Crippen LogP contribution in [0.2, 0.25) is 0 Å². The third-order valence-corrected chi connectivity index (χ3v) is 5.72. The lowest BCUT2D eigenvalue weighted by Crippen LogP contribution is -2.49. The number of furan rings is 1. The topological polar surface area (TPSA) is 58.8 Å². The van der Waals surface area contributed by atoms with E-state index in [0.29, 0.717) is 24.5 Å². The smallest absolute Gasteiger partial charge is 0.273 e. The maximum Gasteiger partial charge on any atom is 0.273 e. The van der Waals surface area contributed by atoms with Crippen molar-refractivity contribution in [2.45, 2.75) is 6.92 Å². The Hall–Kier alpha value is -2.80. The number of amides is 1. The van der Waals surface area contributed by atoms with Crippen LogP contribution >= 0.6 is 11.3 Å². The Kier molecular flexibility index (Phi) is 4.85. The van der Waals surface area contributed by atoms with Crippen LogP contribution in [0.1, 0.15) is 15.4 Å². The molecule has 0 radical (unpaired) electrons. The number of carbonyl (C=O) groups excluding carboxylic acids is 1. The highest BCUT2D eigenvalue weighted by Crippen LogP contribution is 2.29. The number of methoxy groups -OCH3 is 1. The predicted molar refractivity (Wildman–Crippen MR) is 106 cm³/mol. The number of piperazine rings is 1. The molecule has 0 unspecified atom stereocenters. The summed E-state index contributed by atoms with van der Waals surface area (Å²) >= 11 is 1.49. The molecule has 1 aliphatic heterocycles. The number of hydrogen-bond acceptors (Lipinski definition) is 6. The molecule has 27 heavy (non-hydrogen) atoms. The lowest BCUT2D eigenvalue weighted by molar-refractivity contribution is 0.0741. The molecule has 1 amide bonds. The first-order chi connectivity index (χ1) is 13.2. The molecule has 1 aliphatic rings. The zero-order valence-corrected chi connectivity index (χ0v) is 16.2. The summed E-state index contributed by atoms with van der Waals surface area (Å²) < 4.78 is 10.6. The van der Waals surface area contributed by atoms with Crippen LogP contribution in [0.5, 0.6) is 5.75 Å². The van der Waals surface area contributed by atoms with Gasteiger partial charge >= 0.3 is 0 Å². The van der Waals surface area contributed by atoms with Crippen molar-refractivity contribution in [3.8, 4) is 16.5 Å². The van der Waals surface area contributed by atoms with Gasteiger partial charge in [-0.05, 0) is 43.3 Å². The molecule has 3 aromatic rings. The van der Waals surface area contributed by atoms with Gasteiger partial charge in [0, 0.05) is 36.7 Å². The molecule has 140 valence electrons. The van der Waals surface area contributed by atoms with Crippen molar-refractivity contribution in [3.05, 3.63) is 53.2 Å². The van der Waals surface area contributed by atoms with E-state index in [0.717, 1.165) is 34.4 Å². The van der Waals surface area contributed by atoms with Gasteiger partial charge in [-0.1, -0.05) is 0 Å². The quantitative estimate of drug-likeness (QED) is 0.688. The minimum atomic E-state index is -0.00376. The maximum atomic E-state index is 12.9. The van der Waals surface area contributed by atoms with Crippen molar-refractivity contribution < 1.29 is 13.9 Å². The summed E-state index contributed by atoms with van der Waals surface area (Å²) in [6, 6.07) is 11.7. The van der Waals surface area contributed by atoms with Crippen LogP contribution in [0, 0.1) is 6.92 Å². The summed E-state index contributed by atoms with van der Waals surface area (Å²) in [5.74, 6) is 1.54. The first kappa shape index (κ1) is 17.6. The molecule has 3 heterocycles. The lowest BCUT2D eigenvalue weighted by Gasteiger charge is -2.36. The number of aryl methyl sites for hydroxylation is 1. The van der Waals surface area contributed by atoms with Crippen molar-refractivity contribution in [2.75, 3.05) is 38.2 Å². The Balaban J connectivity index is 1.42. The maximum absolute atomic E-state index is 12.9. The molecule has 2 aromatic heterocycles. The van der Waals surface area contributed by atoms with Gasteiger partial charge in [-0.15, -0.1) is 11.3 Å². The molecule has 0 saturated carbocycles. The predicted octanol–water partition coefficient (Wildman–Crippen LogP) is 3.68. The van der Waals surface area contributed by atoms with Gasteiger partial charge in [-0.25, -0.2) is 4.98 Å². The Morgan fingerprint density at radius 2 is 1.89 bits per heavy atom. The average Bonchev–Trinajstić information content (AvgIpc) is 3.37. The van der Waals surface area contributed by atoms with Gasteiger partial charge in [0.15, 0.2) is 10.8 Å². The van der Waals surface area contributed by atoms with Crippen LogP contribution in [0.4, 0.5) is 5.69 Å². The molecule has 0 atom stereocenters. The van der Waals surface area contributed by atoms with E-state index in [1.165, 1.54) is 11.3 Å². The van der Waals surface area contributed by atoms with E-state index in [1.807, 2.05) is 36.1 Å². The molecule has 0 bridgehead atoms. The van der Waals surface area contributed by atoms with Gasteiger partial charge < -0.3 is 19.0 Å². The van der Waals surface area contributed by atoms with Crippen LogP contribution in [-0.4, -0.2) is 49.1 Å². The number of anilines is 1. The summed E-state index contributed by atoms with van der Waals surface area (Å²) in [5.41, 5.74) is 1.68. The first-order valence-corrected chi connectivity index (χ1v) is 9.67. The standard InChI is InChI=1S/C20H21N3O3S/c1-14-18(21-19(27-14)17-4-3-13-26-17)20(24)23-11-9-22(10-12-23)15-5-7-16(25-2)8-6-15/h3-8,13H,9-12H2,1-2H3. The van der Waals surface area contributed by atoms with Crippen molar-refractivity contribution in [3.63, 3.8) is 0 Å². The molecule has 6 nitrogen and oxygen atoms in total. The summed E-state index contributed by atoms with van der Waals surface area (Å²) in [6.45, 7) is 4.89.